The van der Waals surface area contributed by atoms with E-state index in [1.165, 1.54) is 20.8 Å². The highest BCUT2D eigenvalue weighted by Gasteiger charge is 2.63. The van der Waals surface area contributed by atoms with Crippen molar-refractivity contribution in [3.63, 3.8) is 0 Å². The predicted octanol–water partition coefficient (Wildman–Crippen LogP) is 5.27. The van der Waals surface area contributed by atoms with Gasteiger partial charge in [0.15, 0.2) is 5.01 Å². The molecule has 2 aromatic heterocycles. The van der Waals surface area contributed by atoms with E-state index in [-0.39, 0.29) is 40.7 Å². The number of hydrogen-bond donors (Lipinski definition) is 3. The number of nitrogens with zero attached hydrogens (tertiary/aromatic N) is 3. The second-order valence-electron chi connectivity index (χ2n) is 11.1. The van der Waals surface area contributed by atoms with E-state index >= 15 is 0 Å². The molecule has 3 N–H and O–H groups in total. The molecule has 1 atom stereocenters. The number of anilines is 1. The SMILES string of the molecule is CC1CC(F)(F)CN1C(=O)c1nc(C(=O)NCC(C)(C)O)sc1-c1cnc(NCC2(C(F)(F)F)CC2)cc1C(F)F. The van der Waals surface area contributed by atoms with Gasteiger partial charge in [-0.25, -0.2) is 27.5 Å². The van der Waals surface area contributed by atoms with Gasteiger partial charge in [0.25, 0.3) is 24.2 Å². The summed E-state index contributed by atoms with van der Waals surface area (Å²) in [6, 6.07) is -0.0664. The highest BCUT2D eigenvalue weighted by molar-refractivity contribution is 7.17. The number of carbonyl (C=O) groups is 2. The van der Waals surface area contributed by atoms with Gasteiger partial charge in [0.1, 0.15) is 11.5 Å². The summed E-state index contributed by atoms with van der Waals surface area (Å²) in [7, 11) is 0. The standard InChI is InChI=1S/C25H28F7N5O3S/c1-12-7-24(28,29)11-37(12)21(39)16-17(41-20(36-16)19(38)35-9-22(2,3)40)14-8-33-15(6-13(14)18(26)27)34-10-23(4-5-23)25(30,31)32/h6,8,12,18,40H,4-5,7,9-11H2,1-3H3,(H,33,34)(H,35,38). The summed E-state index contributed by atoms with van der Waals surface area (Å²) in [5.74, 6) is -5.29. The van der Waals surface area contributed by atoms with E-state index in [0.29, 0.717) is 11.3 Å². The van der Waals surface area contributed by atoms with Crippen LogP contribution in [0.15, 0.2) is 12.3 Å². The van der Waals surface area contributed by atoms with Gasteiger partial charge < -0.3 is 20.6 Å². The summed E-state index contributed by atoms with van der Waals surface area (Å²) in [4.78, 5) is 34.7. The fourth-order valence-corrected chi connectivity index (χ4v) is 5.45. The average Bonchev–Trinajstić information content (AvgIpc) is 3.45. The van der Waals surface area contributed by atoms with Crippen molar-refractivity contribution in [3.05, 3.63) is 28.5 Å². The van der Waals surface area contributed by atoms with Gasteiger partial charge in [-0.2, -0.15) is 13.2 Å². The number of nitrogens with one attached hydrogen (secondary N) is 2. The van der Waals surface area contributed by atoms with Gasteiger partial charge in [-0.1, -0.05) is 0 Å². The van der Waals surface area contributed by atoms with Crippen molar-refractivity contribution < 1.29 is 45.4 Å². The largest absolute Gasteiger partial charge is 0.396 e. The van der Waals surface area contributed by atoms with Gasteiger partial charge >= 0.3 is 6.18 Å². The van der Waals surface area contributed by atoms with E-state index in [9.17, 15) is 45.4 Å². The maximum Gasteiger partial charge on any atom is 0.396 e. The third-order valence-electron chi connectivity index (χ3n) is 6.97. The number of likely N-dealkylation sites (tertiary alicyclic amines) is 1. The molecule has 0 aromatic carbocycles. The second-order valence-corrected chi connectivity index (χ2v) is 12.1. The second kappa shape index (κ2) is 10.7. The molecule has 1 unspecified atom stereocenters. The first kappa shape index (κ1) is 30.9. The first-order chi connectivity index (χ1) is 18.8. The molecule has 2 amide bonds. The smallest absolute Gasteiger partial charge is 0.389 e. The first-order valence-electron chi connectivity index (χ1n) is 12.6. The molecule has 4 rings (SSSR count). The monoisotopic (exact) mass is 611 g/mol. The van der Waals surface area contributed by atoms with Gasteiger partial charge in [0, 0.05) is 42.9 Å². The molecule has 16 heteroatoms. The number of carbonyl (C=O) groups excluding carboxylic acids is 2. The van der Waals surface area contributed by atoms with Crippen LogP contribution in [0.4, 0.5) is 36.6 Å². The van der Waals surface area contributed by atoms with Crippen molar-refractivity contribution in [2.75, 3.05) is 25.0 Å². The molecular formula is C25H28F7N5O3S. The molecule has 2 aromatic rings. The third-order valence-corrected chi connectivity index (χ3v) is 8.06. The molecule has 226 valence electrons. The maximum absolute atomic E-state index is 14.2. The van der Waals surface area contributed by atoms with Crippen molar-refractivity contribution in [1.82, 2.24) is 20.2 Å². The number of aliphatic hydroxyl groups is 1. The average molecular weight is 612 g/mol. The Balaban J connectivity index is 1.72. The zero-order chi connectivity index (χ0) is 30.5. The summed E-state index contributed by atoms with van der Waals surface area (Å²) < 4.78 is 96.4. The normalized spacial score (nSPS) is 19.9. The Hall–Kier alpha value is -3.01. The Bertz CT molecular complexity index is 1320. The van der Waals surface area contributed by atoms with E-state index in [1.54, 1.807) is 0 Å². The number of thiazole rings is 1. The molecule has 1 saturated heterocycles. The van der Waals surface area contributed by atoms with E-state index in [0.717, 1.165) is 17.2 Å². The Kier molecular flexibility index (Phi) is 8.06. The molecular weight excluding hydrogens is 583 g/mol. The number of halogens is 7. The zero-order valence-electron chi connectivity index (χ0n) is 22.2. The molecule has 1 saturated carbocycles. The fourth-order valence-electron chi connectivity index (χ4n) is 4.45. The van der Waals surface area contributed by atoms with Crippen molar-refractivity contribution in [3.8, 4) is 10.4 Å². The third kappa shape index (κ3) is 6.74. The van der Waals surface area contributed by atoms with Crippen LogP contribution in [0, 0.1) is 5.41 Å². The lowest BCUT2D eigenvalue weighted by Gasteiger charge is -2.21. The number of pyridine rings is 1. The molecule has 0 spiro atoms. The number of alkyl halides is 7. The summed E-state index contributed by atoms with van der Waals surface area (Å²) in [5.41, 5.74) is -4.84. The lowest BCUT2D eigenvalue weighted by molar-refractivity contribution is -0.182. The van der Waals surface area contributed by atoms with Crippen LogP contribution in [0.1, 0.15) is 72.3 Å². The van der Waals surface area contributed by atoms with Crippen LogP contribution < -0.4 is 10.6 Å². The van der Waals surface area contributed by atoms with Crippen LogP contribution in [-0.2, 0) is 0 Å². The minimum Gasteiger partial charge on any atom is -0.389 e. The number of hydrogen-bond acceptors (Lipinski definition) is 7. The van der Waals surface area contributed by atoms with Gasteiger partial charge in [-0.15, -0.1) is 11.3 Å². The van der Waals surface area contributed by atoms with Crippen LogP contribution in [0.25, 0.3) is 10.4 Å². The Morgan fingerprint density at radius 2 is 1.90 bits per heavy atom. The number of rotatable bonds is 9. The van der Waals surface area contributed by atoms with E-state index in [2.05, 4.69) is 20.6 Å². The van der Waals surface area contributed by atoms with Gasteiger partial charge in [0.05, 0.1) is 22.4 Å². The molecule has 41 heavy (non-hydrogen) atoms. The molecule has 3 heterocycles. The number of amides is 2. The molecule has 8 nitrogen and oxygen atoms in total. The molecule has 2 fully saturated rings. The maximum atomic E-state index is 14.2. The topological polar surface area (TPSA) is 107 Å². The highest BCUT2D eigenvalue weighted by atomic mass is 32.1. The van der Waals surface area contributed by atoms with E-state index in [1.807, 2.05) is 0 Å². The van der Waals surface area contributed by atoms with Crippen LogP contribution in [-0.4, -0.2) is 75.2 Å². The van der Waals surface area contributed by atoms with E-state index < -0.39 is 78.2 Å². The number of aromatic nitrogens is 2. The van der Waals surface area contributed by atoms with Crippen LogP contribution in [0.2, 0.25) is 0 Å². The molecule has 1 aliphatic heterocycles. The zero-order valence-corrected chi connectivity index (χ0v) is 23.0. The molecule has 2 aliphatic rings. The lowest BCUT2D eigenvalue weighted by atomic mass is 10.1. The van der Waals surface area contributed by atoms with Gasteiger partial charge in [-0.3, -0.25) is 9.59 Å². The summed E-state index contributed by atoms with van der Waals surface area (Å²) in [6.45, 7) is 2.50. The molecule has 1 aliphatic carbocycles. The van der Waals surface area contributed by atoms with Crippen molar-refractivity contribution >= 4 is 29.0 Å². The molecule has 0 bridgehead atoms. The highest BCUT2D eigenvalue weighted by Crippen LogP contribution is 2.57. The fraction of sp³-hybridized carbons (Fsp3) is 0.600. The minimum absolute atomic E-state index is 0.109. The summed E-state index contributed by atoms with van der Waals surface area (Å²) >= 11 is 0.546. The first-order valence-corrected chi connectivity index (χ1v) is 13.4. The van der Waals surface area contributed by atoms with Gasteiger partial charge in [0.2, 0.25) is 0 Å². The van der Waals surface area contributed by atoms with Crippen LogP contribution in [0.3, 0.4) is 0 Å². The quantitative estimate of drug-likeness (QED) is 0.334. The van der Waals surface area contributed by atoms with Crippen molar-refractivity contribution in [2.24, 2.45) is 5.41 Å². The predicted molar refractivity (Wildman–Crippen MR) is 135 cm³/mol. The lowest BCUT2D eigenvalue weighted by Crippen LogP contribution is -2.38. The van der Waals surface area contributed by atoms with Gasteiger partial charge in [-0.05, 0) is 39.7 Å². The molecule has 0 radical (unpaired) electrons. The van der Waals surface area contributed by atoms with Crippen LogP contribution >= 0.6 is 11.3 Å². The minimum atomic E-state index is -4.48. The Morgan fingerprint density at radius 3 is 2.41 bits per heavy atom. The van der Waals surface area contributed by atoms with Crippen LogP contribution in [0.5, 0.6) is 0 Å². The summed E-state index contributed by atoms with van der Waals surface area (Å²) in [5, 5.41) is 14.4. The van der Waals surface area contributed by atoms with Crippen molar-refractivity contribution in [1.29, 1.82) is 0 Å². The Morgan fingerprint density at radius 1 is 1.24 bits per heavy atom. The van der Waals surface area contributed by atoms with E-state index in [4.69, 9.17) is 0 Å². The summed E-state index contributed by atoms with van der Waals surface area (Å²) in [6.07, 6.45) is -7.58. The Labute approximate surface area is 234 Å². The van der Waals surface area contributed by atoms with Crippen molar-refractivity contribution in [2.45, 2.75) is 70.2 Å².